The quantitative estimate of drug-likeness (QED) is 0.870. The third-order valence-corrected chi connectivity index (χ3v) is 3.23. The maximum atomic E-state index is 11.8. The minimum atomic E-state index is 0.0274. The number of carbonyl (C=O) groups is 1. The van der Waals surface area contributed by atoms with E-state index in [4.69, 9.17) is 0 Å². The SMILES string of the molecule is CC(NC(=O)CCNC(C)(C)C)c1cccc(Br)c1. The van der Waals surface area contributed by atoms with E-state index in [1.807, 2.05) is 31.2 Å². The summed E-state index contributed by atoms with van der Waals surface area (Å²) in [6, 6.07) is 8.02. The van der Waals surface area contributed by atoms with Crippen LogP contribution in [0.5, 0.6) is 0 Å². The van der Waals surface area contributed by atoms with Crippen molar-refractivity contribution in [3.05, 3.63) is 34.3 Å². The van der Waals surface area contributed by atoms with Gasteiger partial charge in [0.05, 0.1) is 6.04 Å². The normalized spacial score (nSPS) is 13.1. The van der Waals surface area contributed by atoms with Gasteiger partial charge in [-0.1, -0.05) is 28.1 Å². The molecule has 0 heterocycles. The molecule has 1 unspecified atom stereocenters. The topological polar surface area (TPSA) is 41.1 Å². The highest BCUT2D eigenvalue weighted by molar-refractivity contribution is 9.10. The average molecular weight is 327 g/mol. The number of amides is 1. The molecule has 0 saturated carbocycles. The van der Waals surface area contributed by atoms with Crippen molar-refractivity contribution in [3.63, 3.8) is 0 Å². The number of carbonyl (C=O) groups excluding carboxylic acids is 1. The van der Waals surface area contributed by atoms with Gasteiger partial charge < -0.3 is 10.6 Å². The van der Waals surface area contributed by atoms with Crippen molar-refractivity contribution in [1.29, 1.82) is 0 Å². The summed E-state index contributed by atoms with van der Waals surface area (Å²) in [4.78, 5) is 11.8. The second kappa shape index (κ2) is 7.06. The molecule has 0 aliphatic carbocycles. The van der Waals surface area contributed by atoms with Crippen molar-refractivity contribution < 1.29 is 4.79 Å². The van der Waals surface area contributed by atoms with E-state index in [1.54, 1.807) is 0 Å². The molecule has 1 rings (SSSR count). The molecule has 0 bridgehead atoms. The van der Waals surface area contributed by atoms with Crippen LogP contribution < -0.4 is 10.6 Å². The molecule has 1 aromatic carbocycles. The molecule has 0 fully saturated rings. The fourth-order valence-corrected chi connectivity index (χ4v) is 2.14. The number of halogens is 1. The Morgan fingerprint density at radius 2 is 2.05 bits per heavy atom. The smallest absolute Gasteiger partial charge is 0.221 e. The van der Waals surface area contributed by atoms with Crippen LogP contribution in [0.3, 0.4) is 0 Å². The first-order chi connectivity index (χ1) is 8.78. The maximum absolute atomic E-state index is 11.8. The molecule has 1 aromatic rings. The number of rotatable bonds is 5. The lowest BCUT2D eigenvalue weighted by molar-refractivity contribution is -0.121. The lowest BCUT2D eigenvalue weighted by atomic mass is 10.1. The zero-order chi connectivity index (χ0) is 14.5. The Morgan fingerprint density at radius 3 is 2.63 bits per heavy atom. The van der Waals surface area contributed by atoms with Gasteiger partial charge in [-0.3, -0.25) is 4.79 Å². The van der Waals surface area contributed by atoms with Gasteiger partial charge in [-0.25, -0.2) is 0 Å². The zero-order valence-corrected chi connectivity index (χ0v) is 13.7. The van der Waals surface area contributed by atoms with Gasteiger partial charge in [-0.15, -0.1) is 0 Å². The molecule has 4 heteroatoms. The van der Waals surface area contributed by atoms with Crippen LogP contribution in [0.15, 0.2) is 28.7 Å². The molecule has 0 aromatic heterocycles. The average Bonchev–Trinajstić information content (AvgIpc) is 2.27. The monoisotopic (exact) mass is 326 g/mol. The van der Waals surface area contributed by atoms with Crippen LogP contribution in [-0.4, -0.2) is 18.0 Å². The first kappa shape index (κ1) is 16.2. The molecule has 0 aliphatic rings. The van der Waals surface area contributed by atoms with Gasteiger partial charge in [0.15, 0.2) is 0 Å². The third kappa shape index (κ3) is 6.73. The summed E-state index contributed by atoms with van der Waals surface area (Å²) in [6.45, 7) is 8.97. The minimum Gasteiger partial charge on any atom is -0.350 e. The van der Waals surface area contributed by atoms with Crippen LogP contribution in [0.4, 0.5) is 0 Å². The van der Waals surface area contributed by atoms with Crippen molar-refractivity contribution in [3.8, 4) is 0 Å². The Balaban J connectivity index is 2.40. The van der Waals surface area contributed by atoms with Crippen molar-refractivity contribution in [1.82, 2.24) is 10.6 Å². The van der Waals surface area contributed by atoms with E-state index in [0.29, 0.717) is 13.0 Å². The summed E-state index contributed by atoms with van der Waals surface area (Å²) in [7, 11) is 0. The van der Waals surface area contributed by atoms with Crippen molar-refractivity contribution in [2.45, 2.75) is 45.7 Å². The lowest BCUT2D eigenvalue weighted by Gasteiger charge is -2.21. The molecule has 1 atom stereocenters. The highest BCUT2D eigenvalue weighted by Gasteiger charge is 2.12. The van der Waals surface area contributed by atoms with Gasteiger partial charge in [0.2, 0.25) is 5.91 Å². The van der Waals surface area contributed by atoms with E-state index in [1.165, 1.54) is 0 Å². The van der Waals surface area contributed by atoms with Gasteiger partial charge in [0.1, 0.15) is 0 Å². The predicted octanol–water partition coefficient (Wildman–Crippen LogP) is 3.40. The Morgan fingerprint density at radius 1 is 1.37 bits per heavy atom. The first-order valence-corrected chi connectivity index (χ1v) is 7.37. The van der Waals surface area contributed by atoms with Crippen LogP contribution in [0, 0.1) is 0 Å². The van der Waals surface area contributed by atoms with E-state index in [0.717, 1.165) is 10.0 Å². The largest absolute Gasteiger partial charge is 0.350 e. The summed E-state index contributed by atoms with van der Waals surface area (Å²) in [5, 5.41) is 6.32. The fourth-order valence-electron chi connectivity index (χ4n) is 1.72. The van der Waals surface area contributed by atoms with Gasteiger partial charge in [0.25, 0.3) is 0 Å². The zero-order valence-electron chi connectivity index (χ0n) is 12.1. The molecular weight excluding hydrogens is 304 g/mol. The maximum Gasteiger partial charge on any atom is 0.221 e. The molecule has 106 valence electrons. The van der Waals surface area contributed by atoms with Crippen molar-refractivity contribution >= 4 is 21.8 Å². The van der Waals surface area contributed by atoms with Crippen LogP contribution in [-0.2, 0) is 4.79 Å². The van der Waals surface area contributed by atoms with Crippen molar-refractivity contribution in [2.75, 3.05) is 6.54 Å². The van der Waals surface area contributed by atoms with Gasteiger partial charge in [-0.05, 0) is 45.4 Å². The van der Waals surface area contributed by atoms with Gasteiger partial charge >= 0.3 is 0 Å². The number of benzene rings is 1. The summed E-state index contributed by atoms with van der Waals surface area (Å²) in [5.74, 6) is 0.0734. The predicted molar refractivity (Wildman–Crippen MR) is 83.1 cm³/mol. The molecule has 1 amide bonds. The van der Waals surface area contributed by atoms with Crippen LogP contribution >= 0.6 is 15.9 Å². The molecule has 19 heavy (non-hydrogen) atoms. The third-order valence-electron chi connectivity index (χ3n) is 2.73. The second-order valence-electron chi connectivity index (χ2n) is 5.77. The summed E-state index contributed by atoms with van der Waals surface area (Å²) < 4.78 is 1.03. The van der Waals surface area contributed by atoms with E-state index in [9.17, 15) is 4.79 Å². The molecule has 3 nitrogen and oxygen atoms in total. The van der Waals surface area contributed by atoms with E-state index < -0.39 is 0 Å². The molecule has 0 saturated heterocycles. The number of hydrogen-bond donors (Lipinski definition) is 2. The van der Waals surface area contributed by atoms with Crippen LogP contribution in [0.2, 0.25) is 0 Å². The lowest BCUT2D eigenvalue weighted by Crippen LogP contribution is -2.38. The second-order valence-corrected chi connectivity index (χ2v) is 6.69. The number of nitrogens with one attached hydrogen (secondary N) is 2. The van der Waals surface area contributed by atoms with Gasteiger partial charge in [-0.2, -0.15) is 0 Å². The highest BCUT2D eigenvalue weighted by atomic mass is 79.9. The molecule has 0 spiro atoms. The molecule has 0 aliphatic heterocycles. The fraction of sp³-hybridized carbons (Fsp3) is 0.533. The Kier molecular flexibility index (Phi) is 6.01. The highest BCUT2D eigenvalue weighted by Crippen LogP contribution is 2.17. The molecule has 2 N–H and O–H groups in total. The van der Waals surface area contributed by atoms with Crippen LogP contribution in [0.25, 0.3) is 0 Å². The Bertz CT molecular complexity index is 426. The van der Waals surface area contributed by atoms with Crippen LogP contribution in [0.1, 0.15) is 45.7 Å². The van der Waals surface area contributed by atoms with E-state index >= 15 is 0 Å². The standard InChI is InChI=1S/C15H23BrN2O/c1-11(12-6-5-7-13(16)10-12)18-14(19)8-9-17-15(2,3)4/h5-7,10-11,17H,8-9H2,1-4H3,(H,18,19). The number of hydrogen-bond acceptors (Lipinski definition) is 2. The summed E-state index contributed by atoms with van der Waals surface area (Å²) >= 11 is 3.44. The first-order valence-electron chi connectivity index (χ1n) is 6.58. The Hall–Kier alpha value is -0.870. The molecular formula is C15H23BrN2O. The Labute approximate surface area is 124 Å². The van der Waals surface area contributed by atoms with E-state index in [2.05, 4.69) is 47.3 Å². The van der Waals surface area contributed by atoms with Gasteiger partial charge in [0, 0.05) is 23.0 Å². The van der Waals surface area contributed by atoms with Crippen molar-refractivity contribution in [2.24, 2.45) is 0 Å². The summed E-state index contributed by atoms with van der Waals surface area (Å²) in [6.07, 6.45) is 0.496. The molecule has 0 radical (unpaired) electrons. The van der Waals surface area contributed by atoms with E-state index in [-0.39, 0.29) is 17.5 Å². The summed E-state index contributed by atoms with van der Waals surface area (Å²) in [5.41, 5.74) is 1.16. The minimum absolute atomic E-state index is 0.0274.